The number of nitrogens with one attached hydrogen (secondary N) is 1. The summed E-state index contributed by atoms with van der Waals surface area (Å²) in [6, 6.07) is 8.34. The van der Waals surface area contributed by atoms with Gasteiger partial charge < -0.3 is 14.6 Å². The summed E-state index contributed by atoms with van der Waals surface area (Å²) in [5.41, 5.74) is 0.988. The van der Waals surface area contributed by atoms with Crippen molar-refractivity contribution < 1.29 is 9.53 Å². The van der Waals surface area contributed by atoms with Gasteiger partial charge in [-0.25, -0.2) is 0 Å². The molecule has 0 spiro atoms. The van der Waals surface area contributed by atoms with E-state index in [4.69, 9.17) is 4.74 Å². The number of carbonyl (C=O) groups excluding carboxylic acids is 1. The fourth-order valence-electron chi connectivity index (χ4n) is 1.97. The highest BCUT2D eigenvalue weighted by Gasteiger charge is 2.07. The lowest BCUT2D eigenvalue weighted by molar-refractivity contribution is 0.0947. The van der Waals surface area contributed by atoms with Crippen molar-refractivity contribution in [3.8, 4) is 5.75 Å². The van der Waals surface area contributed by atoms with Crippen LogP contribution >= 0.6 is 0 Å². The van der Waals surface area contributed by atoms with Gasteiger partial charge in [-0.15, -0.1) is 0 Å². The molecule has 0 saturated carbocycles. The van der Waals surface area contributed by atoms with Gasteiger partial charge in [-0.2, -0.15) is 0 Å². The Labute approximate surface area is 122 Å². The topological polar surface area (TPSA) is 73.2 Å². The molecule has 0 atom stereocenters. The normalized spacial score (nSPS) is 10.2. The summed E-state index contributed by atoms with van der Waals surface area (Å²) in [4.78, 5) is 27.7. The lowest BCUT2D eigenvalue weighted by atomic mass is 10.3. The number of aryl methyl sites for hydroxylation is 1. The second kappa shape index (κ2) is 6.69. The molecule has 2 rings (SSSR count). The molecule has 0 bridgehead atoms. The molecule has 110 valence electrons. The maximum atomic E-state index is 11.9. The summed E-state index contributed by atoms with van der Waals surface area (Å²) >= 11 is 0. The molecule has 0 radical (unpaired) electrons. The van der Waals surface area contributed by atoms with E-state index >= 15 is 0 Å². The van der Waals surface area contributed by atoms with Crippen LogP contribution in [0.2, 0.25) is 0 Å². The quantitative estimate of drug-likeness (QED) is 0.890. The molecule has 0 aliphatic rings. The minimum absolute atomic E-state index is 0.154. The van der Waals surface area contributed by atoms with Gasteiger partial charge in [-0.05, 0) is 25.1 Å². The van der Waals surface area contributed by atoms with E-state index in [1.54, 1.807) is 35.0 Å². The number of ether oxygens (including phenoxy) is 1. The Balaban J connectivity index is 1.98. The zero-order chi connectivity index (χ0) is 15.2. The maximum absolute atomic E-state index is 11.9. The van der Waals surface area contributed by atoms with Gasteiger partial charge in [0, 0.05) is 31.0 Å². The third-order valence-corrected chi connectivity index (χ3v) is 3.06. The lowest BCUT2D eigenvalue weighted by Gasteiger charge is -2.11. The molecule has 21 heavy (non-hydrogen) atoms. The van der Waals surface area contributed by atoms with Crippen molar-refractivity contribution in [2.45, 2.75) is 13.5 Å². The Morgan fingerprint density at radius 1 is 1.38 bits per heavy atom. The van der Waals surface area contributed by atoms with Crippen molar-refractivity contribution in [3.63, 3.8) is 0 Å². The summed E-state index contributed by atoms with van der Waals surface area (Å²) in [5, 5.41) is 2.74. The van der Waals surface area contributed by atoms with Gasteiger partial charge in [0.25, 0.3) is 11.5 Å². The summed E-state index contributed by atoms with van der Waals surface area (Å²) in [6.07, 6.45) is 1.56. The molecule has 2 heterocycles. The summed E-state index contributed by atoms with van der Waals surface area (Å²) in [7, 11) is 1.52. The monoisotopic (exact) mass is 287 g/mol. The number of nitrogens with zero attached hydrogens (tertiary/aromatic N) is 2. The minimum Gasteiger partial charge on any atom is -0.496 e. The number of pyridine rings is 2. The third-order valence-electron chi connectivity index (χ3n) is 3.06. The van der Waals surface area contributed by atoms with E-state index in [1.165, 1.54) is 13.2 Å². The molecule has 6 nitrogen and oxygen atoms in total. The molecule has 0 aliphatic carbocycles. The van der Waals surface area contributed by atoms with Crippen LogP contribution in [0.3, 0.4) is 0 Å². The lowest BCUT2D eigenvalue weighted by Crippen LogP contribution is -2.31. The van der Waals surface area contributed by atoms with Crippen molar-refractivity contribution in [1.29, 1.82) is 0 Å². The van der Waals surface area contributed by atoms with Gasteiger partial charge >= 0.3 is 0 Å². The van der Waals surface area contributed by atoms with Crippen molar-refractivity contribution in [2.24, 2.45) is 0 Å². The first-order valence-electron chi connectivity index (χ1n) is 6.56. The molecule has 0 aliphatic heterocycles. The first kappa shape index (κ1) is 14.8. The fraction of sp³-hybridized carbons (Fsp3) is 0.267. The van der Waals surface area contributed by atoms with Crippen molar-refractivity contribution >= 4 is 5.91 Å². The second-order valence-corrected chi connectivity index (χ2v) is 4.50. The van der Waals surface area contributed by atoms with Crippen LogP contribution in [0.1, 0.15) is 16.2 Å². The second-order valence-electron chi connectivity index (χ2n) is 4.50. The van der Waals surface area contributed by atoms with Crippen LogP contribution in [0.15, 0.2) is 41.3 Å². The van der Waals surface area contributed by atoms with E-state index in [-0.39, 0.29) is 11.5 Å². The number of amides is 1. The minimum atomic E-state index is -0.255. The average Bonchev–Trinajstić information content (AvgIpc) is 2.50. The van der Waals surface area contributed by atoms with Crippen LogP contribution < -0.4 is 15.6 Å². The summed E-state index contributed by atoms with van der Waals surface area (Å²) in [6.45, 7) is 2.57. The Morgan fingerprint density at radius 2 is 2.19 bits per heavy atom. The van der Waals surface area contributed by atoms with Crippen molar-refractivity contribution in [2.75, 3.05) is 13.7 Å². The molecule has 0 aromatic carbocycles. The molecular formula is C15H17N3O3. The van der Waals surface area contributed by atoms with E-state index in [1.807, 2.05) is 6.92 Å². The largest absolute Gasteiger partial charge is 0.496 e. The van der Waals surface area contributed by atoms with Gasteiger partial charge in [0.2, 0.25) is 0 Å². The molecule has 2 aromatic heterocycles. The van der Waals surface area contributed by atoms with Crippen LogP contribution in [-0.4, -0.2) is 29.1 Å². The fourth-order valence-corrected chi connectivity index (χ4v) is 1.97. The highest BCUT2D eigenvalue weighted by molar-refractivity contribution is 5.92. The molecule has 2 aromatic rings. The number of aromatic nitrogens is 2. The van der Waals surface area contributed by atoms with E-state index < -0.39 is 0 Å². The molecule has 6 heteroatoms. The molecule has 0 saturated heterocycles. The Hall–Kier alpha value is -2.63. The molecule has 0 fully saturated rings. The number of carbonyl (C=O) groups is 1. The van der Waals surface area contributed by atoms with E-state index in [2.05, 4.69) is 10.3 Å². The SMILES string of the molecule is COc1cc(C)n(CCNC(=O)c2ccccn2)c(=O)c1. The smallest absolute Gasteiger partial charge is 0.269 e. The zero-order valence-corrected chi connectivity index (χ0v) is 12.0. The number of rotatable bonds is 5. The molecule has 0 unspecified atom stereocenters. The Bertz CT molecular complexity index is 680. The van der Waals surface area contributed by atoms with Gasteiger partial charge in [-0.3, -0.25) is 14.6 Å². The molecular weight excluding hydrogens is 270 g/mol. The number of hydrogen-bond donors (Lipinski definition) is 1. The van der Waals surface area contributed by atoms with Crippen LogP contribution in [0.4, 0.5) is 0 Å². The molecule has 1 amide bonds. The number of hydrogen-bond acceptors (Lipinski definition) is 4. The van der Waals surface area contributed by atoms with Gasteiger partial charge in [0.1, 0.15) is 11.4 Å². The predicted octanol–water partition coefficient (Wildman–Crippen LogP) is 0.990. The summed E-state index contributed by atoms with van der Waals surface area (Å²) < 4.78 is 6.62. The van der Waals surface area contributed by atoms with E-state index in [0.29, 0.717) is 24.5 Å². The van der Waals surface area contributed by atoms with E-state index in [0.717, 1.165) is 5.69 Å². The predicted molar refractivity (Wildman–Crippen MR) is 78.6 cm³/mol. The molecule has 1 N–H and O–H groups in total. The standard InChI is InChI=1S/C15H17N3O3/c1-11-9-12(21-2)10-14(19)18(11)8-7-17-15(20)13-5-3-4-6-16-13/h3-6,9-10H,7-8H2,1-2H3,(H,17,20). The van der Waals surface area contributed by atoms with Crippen LogP contribution in [0.25, 0.3) is 0 Å². The highest BCUT2D eigenvalue weighted by atomic mass is 16.5. The first-order valence-corrected chi connectivity index (χ1v) is 6.56. The average molecular weight is 287 g/mol. The zero-order valence-electron chi connectivity index (χ0n) is 12.0. The maximum Gasteiger partial charge on any atom is 0.269 e. The van der Waals surface area contributed by atoms with Gasteiger partial charge in [-0.1, -0.05) is 6.07 Å². The van der Waals surface area contributed by atoms with Crippen LogP contribution in [0.5, 0.6) is 5.75 Å². The third kappa shape index (κ3) is 3.68. The Morgan fingerprint density at radius 3 is 2.81 bits per heavy atom. The van der Waals surface area contributed by atoms with Crippen LogP contribution in [0, 0.1) is 6.92 Å². The van der Waals surface area contributed by atoms with Crippen molar-refractivity contribution in [1.82, 2.24) is 14.9 Å². The van der Waals surface area contributed by atoms with Crippen LogP contribution in [-0.2, 0) is 6.54 Å². The van der Waals surface area contributed by atoms with E-state index in [9.17, 15) is 9.59 Å². The Kier molecular flexibility index (Phi) is 4.71. The van der Waals surface area contributed by atoms with Crippen molar-refractivity contribution in [3.05, 3.63) is 58.3 Å². The van der Waals surface area contributed by atoms with Gasteiger partial charge in [0.05, 0.1) is 7.11 Å². The number of methoxy groups -OCH3 is 1. The first-order chi connectivity index (χ1) is 10.1. The highest BCUT2D eigenvalue weighted by Crippen LogP contribution is 2.08. The summed E-state index contributed by atoms with van der Waals surface area (Å²) in [5.74, 6) is 0.279. The van der Waals surface area contributed by atoms with Gasteiger partial charge in [0.15, 0.2) is 0 Å².